The molecule has 0 bridgehead atoms. The van der Waals surface area contributed by atoms with E-state index in [1.807, 2.05) is 6.07 Å². The first kappa shape index (κ1) is 22.8. The molecule has 0 aliphatic heterocycles. The number of aromatic nitrogens is 1. The van der Waals surface area contributed by atoms with Crippen molar-refractivity contribution in [2.75, 3.05) is 7.11 Å². The lowest BCUT2D eigenvalue weighted by atomic mass is 9.87. The van der Waals surface area contributed by atoms with Crippen LogP contribution in [-0.2, 0) is 17.5 Å². The number of rotatable bonds is 7. The fraction of sp³-hybridized carbons (Fsp3) is 0.208. The minimum Gasteiger partial charge on any atom is -0.497 e. The van der Waals surface area contributed by atoms with Crippen LogP contribution in [0, 0.1) is 0 Å². The summed E-state index contributed by atoms with van der Waals surface area (Å²) in [6.45, 7) is 0.175. The van der Waals surface area contributed by atoms with Crippen molar-refractivity contribution in [2.24, 2.45) is 0 Å². The maximum Gasteiger partial charge on any atom is 0.417 e. The van der Waals surface area contributed by atoms with Gasteiger partial charge in [-0.15, -0.1) is 0 Å². The third kappa shape index (κ3) is 5.01. The summed E-state index contributed by atoms with van der Waals surface area (Å²) < 4.78 is 51.1. The van der Waals surface area contributed by atoms with Crippen LogP contribution < -0.4 is 10.1 Å². The van der Waals surface area contributed by atoms with Gasteiger partial charge in [0.05, 0.1) is 30.5 Å². The lowest BCUT2D eigenvalue weighted by Gasteiger charge is -2.19. The van der Waals surface area contributed by atoms with Crippen molar-refractivity contribution in [3.8, 4) is 5.75 Å². The van der Waals surface area contributed by atoms with Gasteiger partial charge in [-0.2, -0.15) is 13.2 Å². The fourth-order valence-electron chi connectivity index (χ4n) is 3.78. The van der Waals surface area contributed by atoms with Crippen molar-refractivity contribution in [2.45, 2.75) is 25.1 Å². The zero-order chi connectivity index (χ0) is 23.6. The summed E-state index contributed by atoms with van der Waals surface area (Å²) in [6, 6.07) is 12.5. The average molecular weight is 477 g/mol. The van der Waals surface area contributed by atoms with E-state index in [0.717, 1.165) is 17.0 Å². The Balaban J connectivity index is 1.74. The molecule has 2 aromatic carbocycles. The third-order valence-corrected chi connectivity index (χ3v) is 5.75. The van der Waals surface area contributed by atoms with Gasteiger partial charge in [0.1, 0.15) is 11.5 Å². The zero-order valence-corrected chi connectivity index (χ0v) is 18.3. The minimum atomic E-state index is -4.62. The third-order valence-electron chi connectivity index (χ3n) is 5.42. The number of alkyl halides is 3. The summed E-state index contributed by atoms with van der Waals surface area (Å²) in [4.78, 5) is 15.9. The van der Waals surface area contributed by atoms with Gasteiger partial charge in [0, 0.05) is 29.4 Å². The number of halogens is 4. The molecule has 2 heterocycles. The number of amides is 1. The van der Waals surface area contributed by atoms with Crippen molar-refractivity contribution in [1.29, 1.82) is 0 Å². The predicted molar refractivity (Wildman–Crippen MR) is 118 cm³/mol. The van der Waals surface area contributed by atoms with Crippen LogP contribution in [0.25, 0.3) is 10.9 Å². The lowest BCUT2D eigenvalue weighted by molar-refractivity contribution is -0.137. The summed E-state index contributed by atoms with van der Waals surface area (Å²) in [5, 5.41) is 3.11. The molecule has 4 aromatic rings. The second kappa shape index (κ2) is 9.23. The Hall–Kier alpha value is -3.39. The van der Waals surface area contributed by atoms with Gasteiger partial charge in [-0.3, -0.25) is 4.79 Å². The molecule has 5 nitrogen and oxygen atoms in total. The summed E-state index contributed by atoms with van der Waals surface area (Å²) in [6.07, 6.45) is -1.50. The molecule has 0 saturated carbocycles. The van der Waals surface area contributed by atoms with Gasteiger partial charge in [-0.05, 0) is 53.6 Å². The molecule has 2 aromatic heterocycles. The van der Waals surface area contributed by atoms with Gasteiger partial charge in [-0.25, -0.2) is 0 Å². The van der Waals surface area contributed by atoms with Crippen molar-refractivity contribution in [3.05, 3.63) is 88.5 Å². The van der Waals surface area contributed by atoms with Crippen LogP contribution in [0.3, 0.4) is 0 Å². The van der Waals surface area contributed by atoms with E-state index in [-0.39, 0.29) is 18.9 Å². The van der Waals surface area contributed by atoms with Crippen LogP contribution in [0.5, 0.6) is 5.75 Å². The Labute approximate surface area is 192 Å². The summed E-state index contributed by atoms with van der Waals surface area (Å²) in [7, 11) is 1.53. The predicted octanol–water partition coefficient (Wildman–Crippen LogP) is 6.28. The molecule has 1 amide bonds. The van der Waals surface area contributed by atoms with Gasteiger partial charge in [0.15, 0.2) is 0 Å². The lowest BCUT2D eigenvalue weighted by Crippen LogP contribution is -2.25. The van der Waals surface area contributed by atoms with Crippen LogP contribution in [0.2, 0.25) is 5.02 Å². The molecule has 9 heteroatoms. The number of H-pyrrole nitrogens is 1. The van der Waals surface area contributed by atoms with Crippen LogP contribution in [0.15, 0.2) is 65.4 Å². The van der Waals surface area contributed by atoms with E-state index in [9.17, 15) is 18.0 Å². The molecule has 172 valence electrons. The SMILES string of the molecule is COc1ccc2[nH]cc(C(CC(=O)NCc3ccco3)c3ccc(Cl)c(C(F)(F)F)c3)c2c1. The fourth-order valence-corrected chi connectivity index (χ4v) is 4.00. The Morgan fingerprint density at radius 2 is 2.03 bits per heavy atom. The van der Waals surface area contributed by atoms with E-state index < -0.39 is 22.7 Å². The standard InChI is InChI=1S/C24H20ClF3N2O3/c1-32-15-5-7-22-18(10-15)19(13-29-22)17(11-23(31)30-12-16-3-2-8-33-16)14-4-6-21(25)20(9-14)24(26,27)28/h2-10,13,17,29H,11-12H2,1H3,(H,30,31). The van der Waals surface area contributed by atoms with E-state index in [1.165, 1.54) is 25.5 Å². The molecular formula is C24H20ClF3N2O3. The Morgan fingerprint density at radius 1 is 1.21 bits per heavy atom. The number of furan rings is 1. The van der Waals surface area contributed by atoms with Gasteiger partial charge < -0.3 is 19.5 Å². The van der Waals surface area contributed by atoms with Crippen LogP contribution in [0.4, 0.5) is 13.2 Å². The molecule has 0 fully saturated rings. The number of methoxy groups -OCH3 is 1. The van der Waals surface area contributed by atoms with Crippen molar-refractivity contribution < 1.29 is 27.1 Å². The van der Waals surface area contributed by atoms with Crippen molar-refractivity contribution in [1.82, 2.24) is 10.3 Å². The maximum atomic E-state index is 13.5. The molecule has 1 unspecified atom stereocenters. The molecule has 0 saturated heterocycles. The van der Waals surface area contributed by atoms with Gasteiger partial charge >= 0.3 is 6.18 Å². The number of aromatic amines is 1. The van der Waals surface area contributed by atoms with Gasteiger partial charge in [0.2, 0.25) is 5.91 Å². The largest absolute Gasteiger partial charge is 0.497 e. The molecule has 0 spiro atoms. The number of ether oxygens (including phenoxy) is 1. The number of hydrogen-bond donors (Lipinski definition) is 2. The van der Waals surface area contributed by atoms with Crippen LogP contribution >= 0.6 is 11.6 Å². The summed E-state index contributed by atoms with van der Waals surface area (Å²) in [5.74, 6) is 0.164. The average Bonchev–Trinajstić information content (AvgIpc) is 3.45. The molecule has 0 aliphatic rings. The Morgan fingerprint density at radius 3 is 2.73 bits per heavy atom. The first-order valence-electron chi connectivity index (χ1n) is 10.1. The molecule has 0 aliphatic carbocycles. The highest BCUT2D eigenvalue weighted by Gasteiger charge is 2.34. The zero-order valence-electron chi connectivity index (χ0n) is 17.5. The van der Waals surface area contributed by atoms with E-state index in [2.05, 4.69) is 10.3 Å². The van der Waals surface area contributed by atoms with E-state index >= 15 is 0 Å². The molecule has 0 radical (unpaired) electrons. The second-order valence-electron chi connectivity index (χ2n) is 7.51. The van der Waals surface area contributed by atoms with Gasteiger partial charge in [0.25, 0.3) is 0 Å². The normalized spacial score (nSPS) is 12.6. The van der Waals surface area contributed by atoms with E-state index in [0.29, 0.717) is 22.6 Å². The Kier molecular flexibility index (Phi) is 6.37. The number of hydrogen-bond acceptors (Lipinski definition) is 3. The summed E-state index contributed by atoms with van der Waals surface area (Å²) >= 11 is 5.83. The quantitative estimate of drug-likeness (QED) is 0.330. The topological polar surface area (TPSA) is 67.3 Å². The smallest absolute Gasteiger partial charge is 0.417 e. The van der Waals surface area contributed by atoms with E-state index in [4.69, 9.17) is 20.8 Å². The number of benzene rings is 2. The highest BCUT2D eigenvalue weighted by Crippen LogP contribution is 2.40. The van der Waals surface area contributed by atoms with Crippen LogP contribution in [0.1, 0.15) is 34.8 Å². The highest BCUT2D eigenvalue weighted by molar-refractivity contribution is 6.31. The minimum absolute atomic E-state index is 0.0796. The molecule has 1 atom stereocenters. The number of fused-ring (bicyclic) bond motifs is 1. The molecule has 33 heavy (non-hydrogen) atoms. The van der Waals surface area contributed by atoms with Gasteiger partial charge in [-0.1, -0.05) is 17.7 Å². The first-order valence-corrected chi connectivity index (χ1v) is 10.4. The second-order valence-corrected chi connectivity index (χ2v) is 7.91. The van der Waals surface area contributed by atoms with Crippen molar-refractivity contribution in [3.63, 3.8) is 0 Å². The highest BCUT2D eigenvalue weighted by atomic mass is 35.5. The first-order chi connectivity index (χ1) is 15.8. The molecule has 2 N–H and O–H groups in total. The van der Waals surface area contributed by atoms with Crippen molar-refractivity contribution >= 4 is 28.4 Å². The van der Waals surface area contributed by atoms with E-state index in [1.54, 1.807) is 30.5 Å². The van der Waals surface area contributed by atoms with Crippen LogP contribution in [-0.4, -0.2) is 18.0 Å². The molecule has 4 rings (SSSR count). The number of carbonyl (C=O) groups excluding carboxylic acids is 1. The monoisotopic (exact) mass is 476 g/mol. The maximum absolute atomic E-state index is 13.5. The molecular weight excluding hydrogens is 457 g/mol. The summed E-state index contributed by atoms with van der Waals surface area (Å²) in [5.41, 5.74) is 0.827. The number of carbonyl (C=O) groups is 1. The number of nitrogens with one attached hydrogen (secondary N) is 2. The Bertz CT molecular complexity index is 1270.